The third kappa shape index (κ3) is 2.19. The maximum absolute atomic E-state index is 4.55. The quantitative estimate of drug-likeness (QED) is 0.476. The van der Waals surface area contributed by atoms with E-state index in [1.165, 1.54) is 0 Å². The van der Waals surface area contributed by atoms with Crippen molar-refractivity contribution in [2.24, 2.45) is 0 Å². The first-order chi connectivity index (χ1) is 12.4. The maximum atomic E-state index is 4.55. The first-order valence-electron chi connectivity index (χ1n) is 8.15. The summed E-state index contributed by atoms with van der Waals surface area (Å²) in [6.45, 7) is 0. The van der Waals surface area contributed by atoms with Crippen LogP contribution in [0.15, 0.2) is 85.2 Å². The number of imidazole rings is 1. The van der Waals surface area contributed by atoms with Gasteiger partial charge in [0.05, 0.1) is 11.0 Å². The van der Waals surface area contributed by atoms with Gasteiger partial charge in [-0.2, -0.15) is 0 Å². The first kappa shape index (κ1) is 13.9. The smallest absolute Gasteiger partial charge is 0.169 e. The van der Waals surface area contributed by atoms with Crippen molar-refractivity contribution >= 4 is 21.8 Å². The molecule has 0 atom stereocenters. The van der Waals surface area contributed by atoms with Crippen LogP contribution in [0.3, 0.4) is 0 Å². The normalized spacial score (nSPS) is 11.2. The molecule has 2 aromatic heterocycles. The molecule has 2 heterocycles. The van der Waals surface area contributed by atoms with Crippen LogP contribution in [0.5, 0.6) is 0 Å². The molecule has 5 aromatic rings. The second-order valence-corrected chi connectivity index (χ2v) is 5.89. The van der Waals surface area contributed by atoms with Crippen LogP contribution in [0.2, 0.25) is 0 Å². The van der Waals surface area contributed by atoms with E-state index < -0.39 is 0 Å². The Balaban J connectivity index is 1.82. The van der Waals surface area contributed by atoms with Crippen LogP contribution >= 0.6 is 0 Å². The Hall–Kier alpha value is -3.53. The van der Waals surface area contributed by atoms with Gasteiger partial charge < -0.3 is 0 Å². The summed E-state index contributed by atoms with van der Waals surface area (Å²) in [6.07, 6.45) is 1.81. The molecule has 118 valence electrons. The number of hydrogen-bond acceptors (Lipinski definition) is 3. The van der Waals surface area contributed by atoms with E-state index in [9.17, 15) is 0 Å². The molecule has 0 saturated carbocycles. The molecule has 0 unspecified atom stereocenters. The van der Waals surface area contributed by atoms with Gasteiger partial charge in [-0.05, 0) is 12.1 Å². The van der Waals surface area contributed by atoms with Crippen molar-refractivity contribution in [1.29, 1.82) is 0 Å². The molecule has 0 saturated heterocycles. The second kappa shape index (κ2) is 5.53. The monoisotopic (exact) mass is 322 g/mol. The predicted octanol–water partition coefficient (Wildman–Crippen LogP) is 4.64. The second-order valence-electron chi connectivity index (χ2n) is 5.89. The van der Waals surface area contributed by atoms with Gasteiger partial charge in [-0.15, -0.1) is 10.2 Å². The van der Waals surface area contributed by atoms with Crippen LogP contribution < -0.4 is 0 Å². The predicted molar refractivity (Wildman–Crippen MR) is 99.6 cm³/mol. The highest BCUT2D eigenvalue weighted by molar-refractivity contribution is 5.98. The molecule has 0 amide bonds. The van der Waals surface area contributed by atoms with E-state index in [1.807, 2.05) is 65.5 Å². The van der Waals surface area contributed by atoms with Gasteiger partial charge >= 0.3 is 0 Å². The van der Waals surface area contributed by atoms with Gasteiger partial charge in [0.1, 0.15) is 12.0 Å². The fourth-order valence-electron chi connectivity index (χ4n) is 3.20. The van der Waals surface area contributed by atoms with Crippen molar-refractivity contribution in [3.8, 4) is 17.1 Å². The SMILES string of the molecule is c1ccc(-c2nnc(-n3cnc4ccccc43)c3ccccc23)cc1. The highest BCUT2D eigenvalue weighted by Crippen LogP contribution is 2.30. The zero-order chi connectivity index (χ0) is 16.6. The van der Waals surface area contributed by atoms with Crippen molar-refractivity contribution in [2.75, 3.05) is 0 Å². The van der Waals surface area contributed by atoms with Crippen LogP contribution in [0.4, 0.5) is 0 Å². The summed E-state index contributed by atoms with van der Waals surface area (Å²) in [7, 11) is 0. The van der Waals surface area contributed by atoms with Gasteiger partial charge in [-0.3, -0.25) is 4.57 Å². The summed E-state index contributed by atoms with van der Waals surface area (Å²) in [6, 6.07) is 26.4. The van der Waals surface area contributed by atoms with Gasteiger partial charge in [0.25, 0.3) is 0 Å². The molecular formula is C21H14N4. The standard InChI is InChI=1S/C21H14N4/c1-2-8-15(9-3-1)20-16-10-4-5-11-17(16)21(24-23-20)25-14-22-18-12-6-7-13-19(18)25/h1-14H. The molecule has 5 rings (SSSR count). The fourth-order valence-corrected chi connectivity index (χ4v) is 3.20. The van der Waals surface area contributed by atoms with E-state index in [4.69, 9.17) is 0 Å². The summed E-state index contributed by atoms with van der Waals surface area (Å²) in [5.41, 5.74) is 3.92. The van der Waals surface area contributed by atoms with Crippen molar-refractivity contribution in [3.63, 3.8) is 0 Å². The number of nitrogens with zero attached hydrogens (tertiary/aromatic N) is 4. The van der Waals surface area contributed by atoms with E-state index in [2.05, 4.69) is 39.4 Å². The number of fused-ring (bicyclic) bond motifs is 2. The Morgan fingerprint density at radius 2 is 1.36 bits per heavy atom. The topological polar surface area (TPSA) is 43.6 Å². The lowest BCUT2D eigenvalue weighted by atomic mass is 10.0. The minimum atomic E-state index is 0.795. The van der Waals surface area contributed by atoms with Crippen LogP contribution in [0.25, 0.3) is 38.9 Å². The Labute approximate surface area is 144 Å². The summed E-state index contributed by atoms with van der Waals surface area (Å²) < 4.78 is 2.00. The van der Waals surface area contributed by atoms with Gasteiger partial charge in [0.2, 0.25) is 0 Å². The van der Waals surface area contributed by atoms with E-state index >= 15 is 0 Å². The molecule has 25 heavy (non-hydrogen) atoms. The largest absolute Gasteiger partial charge is 0.281 e. The van der Waals surface area contributed by atoms with Crippen molar-refractivity contribution in [2.45, 2.75) is 0 Å². The molecule has 0 aliphatic heterocycles. The number of hydrogen-bond donors (Lipinski definition) is 0. The Bertz CT molecular complexity index is 1190. The molecule has 0 aliphatic carbocycles. The molecule has 4 heteroatoms. The average Bonchev–Trinajstić information content (AvgIpc) is 3.12. The number of para-hydroxylation sites is 2. The van der Waals surface area contributed by atoms with Crippen LogP contribution in [-0.4, -0.2) is 19.7 Å². The molecule has 0 radical (unpaired) electrons. The molecule has 3 aromatic carbocycles. The van der Waals surface area contributed by atoms with Gasteiger partial charge in [0, 0.05) is 16.3 Å². The third-order valence-electron chi connectivity index (χ3n) is 4.40. The lowest BCUT2D eigenvalue weighted by Crippen LogP contribution is -2.01. The highest BCUT2D eigenvalue weighted by atomic mass is 15.2. The van der Waals surface area contributed by atoms with Gasteiger partial charge in [-0.1, -0.05) is 66.7 Å². The van der Waals surface area contributed by atoms with E-state index in [0.717, 1.165) is 38.9 Å². The summed E-state index contributed by atoms with van der Waals surface area (Å²) in [5, 5.41) is 11.2. The number of benzene rings is 3. The van der Waals surface area contributed by atoms with Crippen molar-refractivity contribution < 1.29 is 0 Å². The maximum Gasteiger partial charge on any atom is 0.169 e. The Morgan fingerprint density at radius 1 is 0.640 bits per heavy atom. The van der Waals surface area contributed by atoms with Crippen LogP contribution in [0.1, 0.15) is 0 Å². The third-order valence-corrected chi connectivity index (χ3v) is 4.40. The zero-order valence-corrected chi connectivity index (χ0v) is 13.4. The molecule has 0 spiro atoms. The molecule has 4 nitrogen and oxygen atoms in total. The molecule has 0 bridgehead atoms. The number of aromatic nitrogens is 4. The summed E-state index contributed by atoms with van der Waals surface area (Å²) in [5.74, 6) is 0.795. The van der Waals surface area contributed by atoms with Crippen LogP contribution in [0, 0.1) is 0 Å². The Kier molecular flexibility index (Phi) is 3.07. The fraction of sp³-hybridized carbons (Fsp3) is 0. The summed E-state index contributed by atoms with van der Waals surface area (Å²) in [4.78, 5) is 4.48. The number of rotatable bonds is 2. The van der Waals surface area contributed by atoms with E-state index in [1.54, 1.807) is 0 Å². The lowest BCUT2D eigenvalue weighted by Gasteiger charge is -2.10. The first-order valence-corrected chi connectivity index (χ1v) is 8.15. The molecular weight excluding hydrogens is 308 g/mol. The van der Waals surface area contributed by atoms with Crippen molar-refractivity contribution in [3.05, 3.63) is 85.2 Å². The molecule has 0 fully saturated rings. The van der Waals surface area contributed by atoms with E-state index in [0.29, 0.717) is 0 Å². The van der Waals surface area contributed by atoms with E-state index in [-0.39, 0.29) is 0 Å². The molecule has 0 N–H and O–H groups in total. The highest BCUT2D eigenvalue weighted by Gasteiger charge is 2.13. The van der Waals surface area contributed by atoms with Crippen molar-refractivity contribution in [1.82, 2.24) is 19.7 Å². The summed E-state index contributed by atoms with van der Waals surface area (Å²) >= 11 is 0. The van der Waals surface area contributed by atoms with Crippen LogP contribution in [-0.2, 0) is 0 Å². The van der Waals surface area contributed by atoms with Gasteiger partial charge in [0.15, 0.2) is 5.82 Å². The Morgan fingerprint density at radius 3 is 2.24 bits per heavy atom. The van der Waals surface area contributed by atoms with Gasteiger partial charge in [-0.25, -0.2) is 4.98 Å². The minimum absolute atomic E-state index is 0.795. The minimum Gasteiger partial charge on any atom is -0.281 e. The molecule has 0 aliphatic rings. The lowest BCUT2D eigenvalue weighted by molar-refractivity contribution is 0.950. The zero-order valence-electron chi connectivity index (χ0n) is 13.4. The average molecular weight is 322 g/mol.